The first-order valence-corrected chi connectivity index (χ1v) is 9.07. The number of aromatic nitrogens is 5. The first-order valence-electron chi connectivity index (χ1n) is 7.59. The highest BCUT2D eigenvalue weighted by molar-refractivity contribution is 7.96. The highest BCUT2D eigenvalue weighted by atomic mass is 32.2. The average Bonchev–Trinajstić information content (AvgIpc) is 3.16. The minimum Gasteiger partial charge on any atom is -0.254 e. The zero-order chi connectivity index (χ0) is 22.3. The van der Waals surface area contributed by atoms with Crippen molar-refractivity contribution < 1.29 is 34.8 Å². The molecule has 3 aromatic heterocycles. The molecule has 0 radical (unpaired) electrons. The van der Waals surface area contributed by atoms with Gasteiger partial charge in [-0.15, -0.1) is 11.5 Å². The van der Waals surface area contributed by atoms with Gasteiger partial charge in [-0.05, 0) is 18.2 Å². The van der Waals surface area contributed by atoms with Crippen molar-refractivity contribution in [2.45, 2.75) is 17.2 Å². The third kappa shape index (κ3) is 4.10. The van der Waals surface area contributed by atoms with Gasteiger partial charge in [0.05, 0.1) is 23.0 Å². The van der Waals surface area contributed by atoms with E-state index in [1.165, 1.54) is 5.25 Å². The minimum absolute atomic E-state index is 0.216. The van der Waals surface area contributed by atoms with Crippen LogP contribution in [0.3, 0.4) is 0 Å². The Labute approximate surface area is 164 Å². The van der Waals surface area contributed by atoms with Crippen molar-refractivity contribution in [3.8, 4) is 28.9 Å². The molecule has 0 saturated heterocycles. The second-order valence-corrected chi connectivity index (χ2v) is 7.32. The van der Waals surface area contributed by atoms with Crippen molar-refractivity contribution in [1.82, 2.24) is 25.0 Å². The predicted octanol–water partition coefficient (Wildman–Crippen LogP) is 3.13. The van der Waals surface area contributed by atoms with E-state index in [1.807, 2.05) is 0 Å². The molecular formula is C16H7F6N5O2S. The quantitative estimate of drug-likeness (QED) is 0.348. The van der Waals surface area contributed by atoms with Gasteiger partial charge in [0, 0.05) is 17.6 Å². The van der Waals surface area contributed by atoms with Crippen LogP contribution in [0.25, 0.3) is 17.2 Å². The zero-order valence-corrected chi connectivity index (χ0v) is 15.1. The van der Waals surface area contributed by atoms with Gasteiger partial charge in [-0.1, -0.05) is 5.21 Å². The number of hydrogen-bond acceptors (Lipinski definition) is 6. The van der Waals surface area contributed by atoms with Crippen molar-refractivity contribution in [3.05, 3.63) is 47.9 Å². The van der Waals surface area contributed by atoms with E-state index in [1.54, 1.807) is 0 Å². The molecule has 156 valence electrons. The molecule has 7 nitrogen and oxygen atoms in total. The Hall–Kier alpha value is -3.47. The summed E-state index contributed by atoms with van der Waals surface area (Å²) < 4.78 is 102. The Morgan fingerprint density at radius 1 is 0.967 bits per heavy atom. The summed E-state index contributed by atoms with van der Waals surface area (Å²) in [4.78, 5) is 6.21. The molecule has 3 rings (SSSR count). The second kappa shape index (κ2) is 7.10. The summed E-state index contributed by atoms with van der Waals surface area (Å²) in [5.41, 5.74) is -2.87. The monoisotopic (exact) mass is 447 g/mol. The number of rotatable bonds is 3. The summed E-state index contributed by atoms with van der Waals surface area (Å²) in [7, 11) is -4.63. The summed E-state index contributed by atoms with van der Waals surface area (Å²) >= 11 is 0. The Bertz CT molecular complexity index is 1260. The molecule has 0 atom stereocenters. The summed E-state index contributed by atoms with van der Waals surface area (Å²) in [6.07, 6.45) is -2.49. The third-order valence-corrected chi connectivity index (χ3v) is 4.85. The van der Waals surface area contributed by atoms with Crippen LogP contribution in [0.15, 0.2) is 41.7 Å². The van der Waals surface area contributed by atoms with Crippen LogP contribution < -0.4 is 0 Å². The Morgan fingerprint density at radius 2 is 1.63 bits per heavy atom. The number of hydrogen-bond donors (Lipinski definition) is 0. The van der Waals surface area contributed by atoms with Gasteiger partial charge < -0.3 is 0 Å². The minimum atomic E-state index is -4.90. The molecular weight excluding hydrogens is 440 g/mol. The van der Waals surface area contributed by atoms with Crippen LogP contribution in [0.2, 0.25) is 0 Å². The van der Waals surface area contributed by atoms with Gasteiger partial charge in [-0.25, -0.2) is 18.1 Å². The number of nitrogens with zero attached hydrogens (tertiary/aromatic N) is 5. The molecule has 0 saturated carbocycles. The van der Waals surface area contributed by atoms with Crippen LogP contribution in [0.5, 0.6) is 0 Å². The van der Waals surface area contributed by atoms with E-state index in [0.717, 1.165) is 18.5 Å². The maximum Gasteiger partial charge on any atom is 0.417 e. The molecule has 0 amide bonds. The van der Waals surface area contributed by atoms with Crippen molar-refractivity contribution in [1.29, 1.82) is 0 Å². The topological polar surface area (TPSA) is 90.6 Å². The lowest BCUT2D eigenvalue weighted by molar-refractivity contribution is -0.138. The van der Waals surface area contributed by atoms with E-state index in [-0.39, 0.29) is 17.5 Å². The van der Waals surface area contributed by atoms with E-state index < -0.39 is 44.0 Å². The fourth-order valence-corrected chi connectivity index (χ4v) is 3.05. The molecule has 0 aliphatic carbocycles. The maximum absolute atomic E-state index is 12.9. The lowest BCUT2D eigenvalue weighted by atomic mass is 10.2. The molecule has 0 fully saturated rings. The maximum atomic E-state index is 12.9. The lowest BCUT2D eigenvalue weighted by Gasteiger charge is -2.10. The third-order valence-electron chi connectivity index (χ3n) is 3.66. The molecule has 0 aromatic carbocycles. The second-order valence-electron chi connectivity index (χ2n) is 5.64. The fraction of sp³-hybridized carbons (Fsp3) is 0.125. The molecule has 0 bridgehead atoms. The van der Waals surface area contributed by atoms with Crippen molar-refractivity contribution in [2.24, 2.45) is 0 Å². The molecule has 14 heteroatoms. The summed E-state index contributed by atoms with van der Waals surface area (Å²) in [5, 5.41) is 8.48. The van der Waals surface area contributed by atoms with Crippen molar-refractivity contribution in [3.63, 3.8) is 0 Å². The first kappa shape index (κ1) is 21.2. The summed E-state index contributed by atoms with van der Waals surface area (Å²) in [6, 6.07) is 1.68. The van der Waals surface area contributed by atoms with Gasteiger partial charge in [-0.3, -0.25) is 4.98 Å². The van der Waals surface area contributed by atoms with Gasteiger partial charge in [0.25, 0.3) is 0 Å². The van der Waals surface area contributed by atoms with Gasteiger partial charge in [-0.2, -0.15) is 26.3 Å². The Kier molecular flexibility index (Phi) is 5.02. The smallest absolute Gasteiger partial charge is 0.254 e. The van der Waals surface area contributed by atoms with E-state index in [9.17, 15) is 34.8 Å². The van der Waals surface area contributed by atoms with Crippen LogP contribution in [-0.4, -0.2) is 33.4 Å². The fourth-order valence-electron chi connectivity index (χ4n) is 2.26. The number of alkyl halides is 6. The van der Waals surface area contributed by atoms with Gasteiger partial charge in [0.2, 0.25) is 9.84 Å². The van der Waals surface area contributed by atoms with Crippen LogP contribution in [0.1, 0.15) is 11.1 Å². The van der Waals surface area contributed by atoms with Crippen LogP contribution in [0.4, 0.5) is 26.3 Å². The van der Waals surface area contributed by atoms with Gasteiger partial charge in [0.1, 0.15) is 10.6 Å². The molecule has 3 aromatic rings. The summed E-state index contributed by atoms with van der Waals surface area (Å²) in [6.45, 7) is 0. The average molecular weight is 447 g/mol. The van der Waals surface area contributed by atoms with Gasteiger partial charge >= 0.3 is 12.4 Å². The predicted molar refractivity (Wildman–Crippen MR) is 88.4 cm³/mol. The lowest BCUT2D eigenvalue weighted by Crippen LogP contribution is -2.13. The van der Waals surface area contributed by atoms with E-state index in [2.05, 4.69) is 20.3 Å². The molecule has 0 spiro atoms. The molecule has 3 heterocycles. The zero-order valence-electron chi connectivity index (χ0n) is 14.3. The Balaban J connectivity index is 2.13. The largest absolute Gasteiger partial charge is 0.417 e. The molecule has 0 aliphatic heterocycles. The van der Waals surface area contributed by atoms with E-state index >= 15 is 0 Å². The number of halogens is 6. The van der Waals surface area contributed by atoms with Crippen LogP contribution >= 0.6 is 0 Å². The van der Waals surface area contributed by atoms with Crippen molar-refractivity contribution in [2.75, 3.05) is 0 Å². The highest BCUT2D eigenvalue weighted by Gasteiger charge is 2.34. The standard InChI is InChI=1S/C16H7F6N5O2S/c1-2-30(28,29)13-6-10(16(20,21)22)7-24-14(13)27-8-12(25-26-27)11-5-9(3-4-23-11)15(17,18)19/h1,3-8H. The Morgan fingerprint density at radius 3 is 2.23 bits per heavy atom. The first-order chi connectivity index (χ1) is 13.8. The normalized spacial score (nSPS) is 12.6. The highest BCUT2D eigenvalue weighted by Crippen LogP contribution is 2.33. The van der Waals surface area contributed by atoms with Crippen LogP contribution in [0, 0.1) is 11.7 Å². The SMILES string of the molecule is C#CS(=O)(=O)c1cc(C(F)(F)F)cnc1-n1cc(-c2cc(C(F)(F)F)ccn2)nn1. The van der Waals surface area contributed by atoms with Crippen molar-refractivity contribution >= 4 is 9.84 Å². The van der Waals surface area contributed by atoms with E-state index in [4.69, 9.17) is 6.42 Å². The molecule has 0 aliphatic rings. The summed E-state index contributed by atoms with van der Waals surface area (Å²) in [5.74, 6) is -0.619. The van der Waals surface area contributed by atoms with Crippen LogP contribution in [-0.2, 0) is 22.2 Å². The number of terminal acetylenes is 1. The molecule has 0 N–H and O–H groups in total. The number of pyridine rings is 2. The molecule has 0 unspecified atom stereocenters. The van der Waals surface area contributed by atoms with E-state index in [0.29, 0.717) is 16.9 Å². The van der Waals surface area contributed by atoms with Gasteiger partial charge in [0.15, 0.2) is 5.82 Å². The number of sulfone groups is 1. The molecule has 30 heavy (non-hydrogen) atoms.